The molecule has 0 spiro atoms. The molecule has 0 saturated carbocycles. The van der Waals surface area contributed by atoms with Gasteiger partial charge in [-0.25, -0.2) is 15.0 Å². The van der Waals surface area contributed by atoms with Crippen LogP contribution in [0, 0.1) is 17.5 Å². The highest BCUT2D eigenvalue weighted by atomic mass is 32.1. The van der Waals surface area contributed by atoms with Gasteiger partial charge < -0.3 is 0 Å². The molecule has 4 nitrogen and oxygen atoms in total. The summed E-state index contributed by atoms with van der Waals surface area (Å²) >= 11 is 2.06. The zero-order chi connectivity index (χ0) is 15.7. The monoisotopic (exact) mass is 337 g/mol. The Morgan fingerprint density at radius 3 is 2.73 bits per heavy atom. The molecule has 9 heteroatoms. The third-order valence-corrected chi connectivity index (χ3v) is 4.28. The molecule has 0 amide bonds. The van der Waals surface area contributed by atoms with Crippen molar-refractivity contribution in [3.63, 3.8) is 0 Å². The maximum Gasteiger partial charge on any atom is 0.434 e. The Bertz CT molecular complexity index is 861. The van der Waals surface area contributed by atoms with E-state index in [1.54, 1.807) is 11.4 Å². The fourth-order valence-corrected chi connectivity index (χ4v) is 3.11. The van der Waals surface area contributed by atoms with Crippen molar-refractivity contribution in [1.29, 1.82) is 5.26 Å². The molecule has 3 aromatic rings. The number of nitriles is 1. The first-order chi connectivity index (χ1) is 10.5. The molecule has 0 unspecified atom stereocenters. The van der Waals surface area contributed by atoms with Gasteiger partial charge in [0, 0.05) is 10.9 Å². The summed E-state index contributed by atoms with van der Waals surface area (Å²) in [5.41, 5.74) is 0.0429. The van der Waals surface area contributed by atoms with E-state index in [1.165, 1.54) is 17.4 Å². The van der Waals surface area contributed by atoms with Crippen molar-refractivity contribution < 1.29 is 13.2 Å². The lowest BCUT2D eigenvalue weighted by Gasteiger charge is -2.01. The van der Waals surface area contributed by atoms with Crippen molar-refractivity contribution in [2.24, 2.45) is 0 Å². The average Bonchev–Trinajstić information content (AvgIpc) is 3.16. The van der Waals surface area contributed by atoms with Gasteiger partial charge in [0.05, 0.1) is 11.9 Å². The maximum absolute atomic E-state index is 12.6. The smallest absolute Gasteiger partial charge is 0.228 e. The zero-order valence-corrected chi connectivity index (χ0v) is 12.2. The van der Waals surface area contributed by atoms with Gasteiger partial charge in [-0.15, -0.1) is 22.7 Å². The predicted octanol–water partition coefficient (Wildman–Crippen LogP) is 4.02. The molecule has 0 aliphatic heterocycles. The summed E-state index contributed by atoms with van der Waals surface area (Å²) in [6.07, 6.45) is -1.92. The minimum absolute atomic E-state index is 0.0492. The third kappa shape index (κ3) is 2.70. The van der Waals surface area contributed by atoms with Crippen LogP contribution in [0.4, 0.5) is 13.2 Å². The first-order valence-electron chi connectivity index (χ1n) is 5.75. The predicted molar refractivity (Wildman–Crippen MR) is 75.0 cm³/mol. The SMILES string of the molecule is N#Cc1sccc1-c1c[c]nc(-c2nc(C(F)(F)F)cs2)n1. The number of hydrogen-bond donors (Lipinski definition) is 0. The molecular weight excluding hydrogens is 333 g/mol. The quantitative estimate of drug-likeness (QED) is 0.708. The van der Waals surface area contributed by atoms with E-state index in [0.717, 1.165) is 16.7 Å². The van der Waals surface area contributed by atoms with E-state index >= 15 is 0 Å². The number of nitrogens with zero attached hydrogens (tertiary/aromatic N) is 4. The van der Waals surface area contributed by atoms with Crippen LogP contribution in [0.5, 0.6) is 0 Å². The van der Waals surface area contributed by atoms with Crippen molar-refractivity contribution >= 4 is 22.7 Å². The van der Waals surface area contributed by atoms with Gasteiger partial charge in [0.1, 0.15) is 10.9 Å². The summed E-state index contributed by atoms with van der Waals surface area (Å²) in [5.74, 6) is 0.0492. The van der Waals surface area contributed by atoms with Gasteiger partial charge in [0.25, 0.3) is 0 Å². The second-order valence-electron chi connectivity index (χ2n) is 4.02. The second kappa shape index (κ2) is 5.47. The molecule has 1 radical (unpaired) electrons. The Kier molecular flexibility index (Phi) is 3.64. The molecule has 3 aromatic heterocycles. The minimum Gasteiger partial charge on any atom is -0.228 e. The van der Waals surface area contributed by atoms with Crippen LogP contribution in [0.2, 0.25) is 0 Å². The van der Waals surface area contributed by atoms with E-state index in [2.05, 4.69) is 21.1 Å². The number of thiazole rings is 1. The summed E-state index contributed by atoms with van der Waals surface area (Å²) in [5, 5.41) is 11.7. The van der Waals surface area contributed by atoms with Crippen LogP contribution in [0.15, 0.2) is 22.9 Å². The summed E-state index contributed by atoms with van der Waals surface area (Å²) in [4.78, 5) is 12.0. The molecule has 109 valence electrons. The van der Waals surface area contributed by atoms with Crippen LogP contribution in [-0.4, -0.2) is 15.0 Å². The van der Waals surface area contributed by atoms with Crippen molar-refractivity contribution in [1.82, 2.24) is 15.0 Å². The highest BCUT2D eigenvalue weighted by molar-refractivity contribution is 7.13. The Labute approximate surface area is 130 Å². The van der Waals surface area contributed by atoms with Crippen molar-refractivity contribution in [2.45, 2.75) is 6.18 Å². The van der Waals surface area contributed by atoms with Gasteiger partial charge in [-0.1, -0.05) is 0 Å². The molecule has 3 rings (SSSR count). The van der Waals surface area contributed by atoms with Crippen molar-refractivity contribution in [3.8, 4) is 28.2 Å². The van der Waals surface area contributed by atoms with Crippen LogP contribution in [0.25, 0.3) is 22.1 Å². The standard InChI is InChI=1S/C13H4F3N4S2/c14-13(15,16)10-6-22-12(20-10)11-18-3-1-8(19-11)7-2-4-21-9(7)5-17/h1-2,4,6H. The van der Waals surface area contributed by atoms with E-state index in [-0.39, 0.29) is 10.8 Å². The molecule has 0 saturated heterocycles. The van der Waals surface area contributed by atoms with Gasteiger partial charge in [-0.2, -0.15) is 18.4 Å². The zero-order valence-electron chi connectivity index (χ0n) is 10.5. The van der Waals surface area contributed by atoms with E-state index in [9.17, 15) is 13.2 Å². The van der Waals surface area contributed by atoms with Crippen LogP contribution in [0.1, 0.15) is 10.6 Å². The van der Waals surface area contributed by atoms with Crippen LogP contribution in [-0.2, 0) is 6.18 Å². The first kappa shape index (κ1) is 14.6. The van der Waals surface area contributed by atoms with E-state index < -0.39 is 11.9 Å². The van der Waals surface area contributed by atoms with Crippen molar-refractivity contribution in [3.05, 3.63) is 39.7 Å². The summed E-state index contributed by atoms with van der Waals surface area (Å²) in [7, 11) is 0. The van der Waals surface area contributed by atoms with E-state index in [0.29, 0.717) is 16.1 Å². The number of aromatic nitrogens is 3. The molecule has 0 atom stereocenters. The minimum atomic E-state index is -4.50. The summed E-state index contributed by atoms with van der Waals surface area (Å²) in [6, 6.07) is 5.23. The largest absolute Gasteiger partial charge is 0.434 e. The molecule has 0 aromatic carbocycles. The van der Waals surface area contributed by atoms with Gasteiger partial charge in [0.2, 0.25) is 0 Å². The molecule has 0 aliphatic rings. The van der Waals surface area contributed by atoms with Crippen molar-refractivity contribution in [2.75, 3.05) is 0 Å². The average molecular weight is 337 g/mol. The lowest BCUT2D eigenvalue weighted by molar-refractivity contribution is -0.140. The number of halogens is 3. The highest BCUT2D eigenvalue weighted by Gasteiger charge is 2.34. The third-order valence-electron chi connectivity index (χ3n) is 2.63. The molecule has 3 heterocycles. The molecule has 0 N–H and O–H groups in total. The number of rotatable bonds is 2. The first-order valence-corrected chi connectivity index (χ1v) is 7.51. The highest BCUT2D eigenvalue weighted by Crippen LogP contribution is 2.33. The summed E-state index contributed by atoms with van der Waals surface area (Å²) in [6.45, 7) is 0. The molecule has 0 fully saturated rings. The lowest BCUT2D eigenvalue weighted by Crippen LogP contribution is -2.05. The fourth-order valence-electron chi connectivity index (χ4n) is 1.66. The Balaban J connectivity index is 2.02. The topological polar surface area (TPSA) is 62.5 Å². The van der Waals surface area contributed by atoms with Crippen LogP contribution < -0.4 is 0 Å². The second-order valence-corrected chi connectivity index (χ2v) is 5.79. The Morgan fingerprint density at radius 2 is 2.05 bits per heavy atom. The molecule has 0 bridgehead atoms. The van der Waals surface area contributed by atoms with Gasteiger partial charge in [-0.3, -0.25) is 0 Å². The maximum atomic E-state index is 12.6. The molecule has 22 heavy (non-hydrogen) atoms. The molecular formula is C13H4F3N4S2. The number of thiophene rings is 1. The van der Waals surface area contributed by atoms with Crippen LogP contribution >= 0.6 is 22.7 Å². The number of alkyl halides is 3. The Hall–Kier alpha value is -2.31. The van der Waals surface area contributed by atoms with Gasteiger partial charge in [-0.05, 0) is 17.5 Å². The summed E-state index contributed by atoms with van der Waals surface area (Å²) < 4.78 is 37.7. The van der Waals surface area contributed by atoms with E-state index in [1.807, 2.05) is 6.07 Å². The van der Waals surface area contributed by atoms with Gasteiger partial charge in [0.15, 0.2) is 16.5 Å². The Morgan fingerprint density at radius 1 is 1.23 bits per heavy atom. The normalized spacial score (nSPS) is 11.4. The van der Waals surface area contributed by atoms with Gasteiger partial charge >= 0.3 is 6.18 Å². The number of hydrogen-bond acceptors (Lipinski definition) is 6. The molecule has 0 aliphatic carbocycles. The van der Waals surface area contributed by atoms with E-state index in [4.69, 9.17) is 5.26 Å². The lowest BCUT2D eigenvalue weighted by atomic mass is 10.2. The fraction of sp³-hybridized carbons (Fsp3) is 0.0769. The van der Waals surface area contributed by atoms with Crippen LogP contribution in [0.3, 0.4) is 0 Å².